The van der Waals surface area contributed by atoms with Crippen LogP contribution >= 0.6 is 0 Å². The molecule has 0 unspecified atom stereocenters. The normalized spacial score (nSPS) is 10.5. The Bertz CT molecular complexity index is 789. The van der Waals surface area contributed by atoms with Crippen molar-refractivity contribution in [2.24, 2.45) is 0 Å². The average Bonchev–Trinajstić information content (AvgIpc) is 2.76. The maximum Gasteiger partial charge on any atom is 0.346 e. The molecule has 3 rings (SSSR count). The van der Waals surface area contributed by atoms with Gasteiger partial charge >= 0.3 is 5.69 Å². The Morgan fingerprint density at radius 3 is 2.74 bits per heavy atom. The molecule has 0 bridgehead atoms. The van der Waals surface area contributed by atoms with Crippen molar-refractivity contribution in [3.8, 4) is 0 Å². The van der Waals surface area contributed by atoms with Gasteiger partial charge in [0.05, 0.1) is 5.52 Å². The molecule has 1 amide bonds. The zero-order valence-electron chi connectivity index (χ0n) is 9.83. The number of pyridine rings is 1. The van der Waals surface area contributed by atoms with E-state index in [1.807, 2.05) is 6.07 Å². The predicted octanol–water partition coefficient (Wildman–Crippen LogP) is 1.11. The lowest BCUT2D eigenvalue weighted by Gasteiger charge is -2.05. The number of nitrogens with zero attached hydrogens (tertiary/aromatic N) is 2. The highest BCUT2D eigenvalue weighted by molar-refractivity contribution is 6.00. The van der Waals surface area contributed by atoms with E-state index in [0.29, 0.717) is 16.7 Å². The number of fused-ring (bicyclic) bond motifs is 1. The molecule has 0 aliphatic carbocycles. The summed E-state index contributed by atoms with van der Waals surface area (Å²) in [5.74, 6) is -0.366. The molecule has 2 heterocycles. The fourth-order valence-electron chi connectivity index (χ4n) is 1.80. The second kappa shape index (κ2) is 4.41. The summed E-state index contributed by atoms with van der Waals surface area (Å²) >= 11 is 0. The number of hydrogen-bond acceptors (Lipinski definition) is 3. The van der Waals surface area contributed by atoms with Crippen molar-refractivity contribution in [1.29, 1.82) is 0 Å². The molecule has 0 aliphatic rings. The molecule has 19 heavy (non-hydrogen) atoms. The van der Waals surface area contributed by atoms with Crippen molar-refractivity contribution in [1.82, 2.24) is 14.6 Å². The fraction of sp³-hybridized carbons (Fsp3) is 0. The smallest absolute Gasteiger partial charge is 0.303 e. The van der Waals surface area contributed by atoms with Crippen molar-refractivity contribution in [3.05, 3.63) is 64.7 Å². The molecule has 0 fully saturated rings. The molecule has 0 atom stereocenters. The maximum atomic E-state index is 12.0. The molecule has 6 heteroatoms. The van der Waals surface area contributed by atoms with E-state index in [0.717, 1.165) is 4.68 Å². The first-order valence-corrected chi connectivity index (χ1v) is 5.68. The van der Waals surface area contributed by atoms with Gasteiger partial charge in [0, 0.05) is 11.8 Å². The highest BCUT2D eigenvalue weighted by Gasteiger charge is 2.11. The summed E-state index contributed by atoms with van der Waals surface area (Å²) in [6, 6.07) is 12.1. The van der Waals surface area contributed by atoms with Gasteiger partial charge in [-0.25, -0.2) is 9.78 Å². The van der Waals surface area contributed by atoms with Gasteiger partial charge in [-0.3, -0.25) is 10.2 Å². The second-order valence-corrected chi connectivity index (χ2v) is 3.95. The van der Waals surface area contributed by atoms with Gasteiger partial charge < -0.3 is 4.98 Å². The highest BCUT2D eigenvalue weighted by Crippen LogP contribution is 2.05. The zero-order valence-corrected chi connectivity index (χ0v) is 9.83. The van der Waals surface area contributed by atoms with E-state index in [9.17, 15) is 9.59 Å². The van der Waals surface area contributed by atoms with Crippen molar-refractivity contribution >= 4 is 17.1 Å². The van der Waals surface area contributed by atoms with Gasteiger partial charge in [0.2, 0.25) is 0 Å². The number of rotatable bonds is 2. The molecule has 2 aromatic heterocycles. The molecule has 0 saturated heterocycles. The number of hydrogen-bond donors (Lipinski definition) is 2. The lowest BCUT2D eigenvalue weighted by atomic mass is 10.2. The molecule has 3 aromatic rings. The first-order chi connectivity index (χ1) is 9.25. The average molecular weight is 254 g/mol. The SMILES string of the molecule is O=C(Nn1c(=O)[nH]c2cccnc21)c1ccccc1. The number of aromatic nitrogens is 3. The molecular formula is C13H10N4O2. The minimum absolute atomic E-state index is 0.366. The monoisotopic (exact) mass is 254 g/mol. The summed E-state index contributed by atoms with van der Waals surface area (Å²) in [5.41, 5.74) is 3.52. The summed E-state index contributed by atoms with van der Waals surface area (Å²) in [4.78, 5) is 30.4. The van der Waals surface area contributed by atoms with Gasteiger partial charge in [-0.2, -0.15) is 4.68 Å². The van der Waals surface area contributed by atoms with Crippen LogP contribution in [0.25, 0.3) is 11.2 Å². The Balaban J connectivity index is 2.00. The topological polar surface area (TPSA) is 79.8 Å². The largest absolute Gasteiger partial charge is 0.346 e. The Labute approximate surface area is 107 Å². The first kappa shape index (κ1) is 11.2. The second-order valence-electron chi connectivity index (χ2n) is 3.95. The summed E-state index contributed by atoms with van der Waals surface area (Å²) < 4.78 is 1.10. The van der Waals surface area contributed by atoms with E-state index >= 15 is 0 Å². The molecule has 1 aromatic carbocycles. The fourth-order valence-corrected chi connectivity index (χ4v) is 1.80. The van der Waals surface area contributed by atoms with Crippen LogP contribution < -0.4 is 11.1 Å². The number of aromatic amines is 1. The van der Waals surface area contributed by atoms with Crippen LogP contribution in [0.5, 0.6) is 0 Å². The van der Waals surface area contributed by atoms with Crippen molar-refractivity contribution < 1.29 is 4.79 Å². The third kappa shape index (κ3) is 1.99. The number of amides is 1. The van der Waals surface area contributed by atoms with Gasteiger partial charge in [0.1, 0.15) is 0 Å². The summed E-state index contributed by atoms with van der Waals surface area (Å²) in [6.07, 6.45) is 1.56. The van der Waals surface area contributed by atoms with E-state index in [1.54, 1.807) is 42.6 Å². The zero-order chi connectivity index (χ0) is 13.2. The lowest BCUT2D eigenvalue weighted by Crippen LogP contribution is -2.31. The predicted molar refractivity (Wildman–Crippen MR) is 70.5 cm³/mol. The highest BCUT2D eigenvalue weighted by atomic mass is 16.2. The molecule has 0 radical (unpaired) electrons. The minimum atomic E-state index is -0.432. The van der Waals surface area contributed by atoms with Crippen LogP contribution in [0.1, 0.15) is 10.4 Å². The van der Waals surface area contributed by atoms with Crippen LogP contribution in [0.2, 0.25) is 0 Å². The standard InChI is InChI=1S/C13H10N4O2/c18-12(9-5-2-1-3-6-9)16-17-11-10(15-13(17)19)7-4-8-14-11/h1-8H,(H,15,19)(H,16,18). The van der Waals surface area contributed by atoms with Crippen LogP contribution in [-0.4, -0.2) is 20.6 Å². The van der Waals surface area contributed by atoms with E-state index in [4.69, 9.17) is 0 Å². The third-order valence-corrected chi connectivity index (χ3v) is 2.69. The molecule has 0 spiro atoms. The third-order valence-electron chi connectivity index (χ3n) is 2.69. The van der Waals surface area contributed by atoms with Crippen LogP contribution in [0.3, 0.4) is 0 Å². The summed E-state index contributed by atoms with van der Waals surface area (Å²) in [7, 11) is 0. The minimum Gasteiger partial charge on any atom is -0.303 e. The number of carbonyl (C=O) groups is 1. The van der Waals surface area contributed by atoms with Crippen molar-refractivity contribution in [2.45, 2.75) is 0 Å². The van der Waals surface area contributed by atoms with Gasteiger partial charge in [-0.1, -0.05) is 18.2 Å². The first-order valence-electron chi connectivity index (χ1n) is 5.68. The van der Waals surface area contributed by atoms with Gasteiger partial charge in [0.25, 0.3) is 5.91 Å². The quantitative estimate of drug-likeness (QED) is 0.719. The van der Waals surface area contributed by atoms with Crippen LogP contribution in [0.15, 0.2) is 53.5 Å². The maximum absolute atomic E-state index is 12.0. The Kier molecular flexibility index (Phi) is 2.60. The van der Waals surface area contributed by atoms with Crippen molar-refractivity contribution in [3.63, 3.8) is 0 Å². The van der Waals surface area contributed by atoms with Crippen LogP contribution in [0.4, 0.5) is 0 Å². The molecular weight excluding hydrogens is 244 g/mol. The van der Waals surface area contributed by atoms with Gasteiger partial charge in [-0.15, -0.1) is 0 Å². The van der Waals surface area contributed by atoms with E-state index < -0.39 is 5.69 Å². The Morgan fingerprint density at radius 1 is 1.16 bits per heavy atom. The van der Waals surface area contributed by atoms with Crippen LogP contribution in [0, 0.1) is 0 Å². The molecule has 0 aliphatic heterocycles. The number of imidazole rings is 1. The van der Waals surface area contributed by atoms with Gasteiger partial charge in [0.15, 0.2) is 5.65 Å². The molecule has 2 N–H and O–H groups in total. The van der Waals surface area contributed by atoms with E-state index in [2.05, 4.69) is 15.4 Å². The summed E-state index contributed by atoms with van der Waals surface area (Å²) in [5, 5.41) is 0. The van der Waals surface area contributed by atoms with E-state index in [-0.39, 0.29) is 5.91 Å². The molecule has 0 saturated carbocycles. The Morgan fingerprint density at radius 2 is 1.95 bits per heavy atom. The summed E-state index contributed by atoms with van der Waals surface area (Å²) in [6.45, 7) is 0. The molecule has 6 nitrogen and oxygen atoms in total. The Hall–Kier alpha value is -2.89. The molecule has 94 valence electrons. The number of H-pyrrole nitrogens is 1. The van der Waals surface area contributed by atoms with Crippen molar-refractivity contribution in [2.75, 3.05) is 5.43 Å². The van der Waals surface area contributed by atoms with E-state index in [1.165, 1.54) is 0 Å². The number of nitrogens with one attached hydrogen (secondary N) is 2. The number of carbonyl (C=O) groups excluding carboxylic acids is 1. The van der Waals surface area contributed by atoms with Crippen LogP contribution in [-0.2, 0) is 0 Å². The van der Waals surface area contributed by atoms with Gasteiger partial charge in [-0.05, 0) is 24.3 Å². The lowest BCUT2D eigenvalue weighted by molar-refractivity contribution is 0.101. The number of benzene rings is 1.